The molecule has 1 aromatic rings. The van der Waals surface area contributed by atoms with E-state index in [1.54, 1.807) is 11.0 Å². The molecule has 0 aliphatic carbocycles. The molecule has 6 nitrogen and oxygen atoms in total. The number of anilines is 1. The standard InChI is InChI=1S/C20H30N2O4/c1-5-20(17(23)25-14-15-8-6-7-9-16(15)21)10-12-22(13-11-20)18(24)26-19(2,3)4/h6-9H,5,10-14,21H2,1-4H3. The Balaban J connectivity index is 1.94. The minimum atomic E-state index is -0.554. The van der Waals surface area contributed by atoms with E-state index in [1.807, 2.05) is 45.9 Å². The second kappa shape index (κ2) is 7.98. The Kier molecular flexibility index (Phi) is 6.16. The first-order chi connectivity index (χ1) is 12.2. The molecule has 0 aromatic heterocycles. The van der Waals surface area contributed by atoms with Crippen LogP contribution in [0.3, 0.4) is 0 Å². The second-order valence-electron chi connectivity index (χ2n) is 7.88. The Hall–Kier alpha value is -2.24. The molecular formula is C20H30N2O4. The lowest BCUT2D eigenvalue weighted by Gasteiger charge is -2.39. The van der Waals surface area contributed by atoms with Crippen molar-refractivity contribution in [2.45, 2.75) is 59.2 Å². The van der Waals surface area contributed by atoms with Crippen LogP contribution in [0.1, 0.15) is 52.5 Å². The molecule has 1 aliphatic heterocycles. The monoisotopic (exact) mass is 362 g/mol. The predicted octanol–water partition coefficient (Wildman–Crippen LogP) is 3.74. The molecule has 1 heterocycles. The summed E-state index contributed by atoms with van der Waals surface area (Å²) in [5, 5.41) is 0. The highest BCUT2D eigenvalue weighted by Crippen LogP contribution is 2.37. The minimum Gasteiger partial charge on any atom is -0.460 e. The Morgan fingerprint density at radius 2 is 1.81 bits per heavy atom. The van der Waals surface area contributed by atoms with Crippen LogP contribution in [0.15, 0.2) is 24.3 Å². The van der Waals surface area contributed by atoms with E-state index in [2.05, 4.69) is 0 Å². The summed E-state index contributed by atoms with van der Waals surface area (Å²) in [6.45, 7) is 8.68. The van der Waals surface area contributed by atoms with Crippen LogP contribution in [0.5, 0.6) is 0 Å². The number of likely N-dealkylation sites (tertiary alicyclic amines) is 1. The molecule has 1 fully saturated rings. The average molecular weight is 362 g/mol. The highest BCUT2D eigenvalue weighted by Gasteiger charge is 2.42. The van der Waals surface area contributed by atoms with Gasteiger partial charge in [0, 0.05) is 24.3 Å². The smallest absolute Gasteiger partial charge is 0.410 e. The molecule has 0 radical (unpaired) electrons. The largest absolute Gasteiger partial charge is 0.460 e. The molecule has 2 N–H and O–H groups in total. The van der Waals surface area contributed by atoms with Gasteiger partial charge >= 0.3 is 12.1 Å². The van der Waals surface area contributed by atoms with Gasteiger partial charge in [-0.3, -0.25) is 4.79 Å². The number of nitrogens with two attached hydrogens (primary N) is 1. The first-order valence-corrected chi connectivity index (χ1v) is 9.15. The van der Waals surface area contributed by atoms with E-state index in [4.69, 9.17) is 15.2 Å². The number of piperidine rings is 1. The molecule has 1 saturated heterocycles. The van der Waals surface area contributed by atoms with Crippen molar-refractivity contribution < 1.29 is 19.1 Å². The average Bonchev–Trinajstić information content (AvgIpc) is 2.59. The van der Waals surface area contributed by atoms with Gasteiger partial charge in [-0.2, -0.15) is 0 Å². The highest BCUT2D eigenvalue weighted by molar-refractivity contribution is 5.78. The van der Waals surface area contributed by atoms with Gasteiger partial charge in [-0.1, -0.05) is 25.1 Å². The van der Waals surface area contributed by atoms with Crippen molar-refractivity contribution in [2.24, 2.45) is 5.41 Å². The van der Waals surface area contributed by atoms with E-state index in [0.29, 0.717) is 38.0 Å². The quantitative estimate of drug-likeness (QED) is 0.652. The first-order valence-electron chi connectivity index (χ1n) is 9.15. The maximum Gasteiger partial charge on any atom is 0.410 e. The number of hydrogen-bond donors (Lipinski definition) is 1. The Bertz CT molecular complexity index is 643. The summed E-state index contributed by atoms with van der Waals surface area (Å²) in [4.78, 5) is 26.6. The summed E-state index contributed by atoms with van der Waals surface area (Å²) in [6, 6.07) is 7.36. The van der Waals surface area contributed by atoms with Crippen molar-refractivity contribution in [1.29, 1.82) is 0 Å². The Labute approximate surface area is 155 Å². The molecule has 0 saturated carbocycles. The number of amides is 1. The fraction of sp³-hybridized carbons (Fsp3) is 0.600. The van der Waals surface area contributed by atoms with Crippen molar-refractivity contribution in [1.82, 2.24) is 4.90 Å². The third-order valence-corrected chi connectivity index (χ3v) is 4.90. The lowest BCUT2D eigenvalue weighted by Crippen LogP contribution is -2.48. The van der Waals surface area contributed by atoms with Gasteiger partial charge in [0.2, 0.25) is 0 Å². The minimum absolute atomic E-state index is 0.170. The number of benzene rings is 1. The number of carbonyl (C=O) groups is 2. The third kappa shape index (κ3) is 4.90. The topological polar surface area (TPSA) is 81.9 Å². The summed E-state index contributed by atoms with van der Waals surface area (Å²) >= 11 is 0. The van der Waals surface area contributed by atoms with Crippen molar-refractivity contribution in [3.05, 3.63) is 29.8 Å². The summed E-state index contributed by atoms with van der Waals surface area (Å²) < 4.78 is 11.0. The van der Waals surface area contributed by atoms with Gasteiger partial charge in [0.1, 0.15) is 12.2 Å². The third-order valence-electron chi connectivity index (χ3n) is 4.90. The lowest BCUT2D eigenvalue weighted by atomic mass is 9.76. The van der Waals surface area contributed by atoms with E-state index in [9.17, 15) is 9.59 Å². The van der Waals surface area contributed by atoms with Gasteiger partial charge in [0.05, 0.1) is 5.41 Å². The molecule has 0 spiro atoms. The molecule has 0 unspecified atom stereocenters. The van der Waals surface area contributed by atoms with E-state index < -0.39 is 11.0 Å². The zero-order valence-corrected chi connectivity index (χ0v) is 16.2. The molecule has 0 atom stereocenters. The molecule has 0 bridgehead atoms. The van der Waals surface area contributed by atoms with Crippen LogP contribution in [-0.4, -0.2) is 35.7 Å². The molecule has 1 amide bonds. The highest BCUT2D eigenvalue weighted by atomic mass is 16.6. The number of esters is 1. The number of carbonyl (C=O) groups excluding carboxylic acids is 2. The van der Waals surface area contributed by atoms with Crippen LogP contribution in [0.4, 0.5) is 10.5 Å². The summed E-state index contributed by atoms with van der Waals surface area (Å²) in [6.07, 6.45) is 1.50. The zero-order valence-electron chi connectivity index (χ0n) is 16.2. The number of rotatable bonds is 4. The van der Waals surface area contributed by atoms with Crippen molar-refractivity contribution in [3.8, 4) is 0 Å². The van der Waals surface area contributed by atoms with Crippen LogP contribution in [0.2, 0.25) is 0 Å². The number of hydrogen-bond acceptors (Lipinski definition) is 5. The summed E-state index contributed by atoms with van der Waals surface area (Å²) in [5.41, 5.74) is 6.25. The molecule has 1 aliphatic rings. The van der Waals surface area contributed by atoms with E-state index in [0.717, 1.165) is 5.56 Å². The van der Waals surface area contributed by atoms with Gasteiger partial charge in [-0.25, -0.2) is 4.79 Å². The van der Waals surface area contributed by atoms with Crippen molar-refractivity contribution in [3.63, 3.8) is 0 Å². The van der Waals surface area contributed by atoms with Gasteiger partial charge in [0.25, 0.3) is 0 Å². The molecule has 26 heavy (non-hydrogen) atoms. The van der Waals surface area contributed by atoms with Crippen LogP contribution in [0.25, 0.3) is 0 Å². The van der Waals surface area contributed by atoms with Crippen molar-refractivity contribution in [2.75, 3.05) is 18.8 Å². The molecule has 6 heteroatoms. The van der Waals surface area contributed by atoms with Gasteiger partial charge in [-0.15, -0.1) is 0 Å². The van der Waals surface area contributed by atoms with Crippen LogP contribution < -0.4 is 5.73 Å². The Morgan fingerprint density at radius 1 is 1.19 bits per heavy atom. The Morgan fingerprint density at radius 3 is 2.35 bits per heavy atom. The molecule has 144 valence electrons. The number of para-hydroxylation sites is 1. The normalized spacial score (nSPS) is 16.8. The maximum absolute atomic E-state index is 12.7. The fourth-order valence-electron chi connectivity index (χ4n) is 3.11. The number of nitrogen functional groups attached to an aromatic ring is 1. The molecule has 2 rings (SSSR count). The maximum atomic E-state index is 12.7. The SMILES string of the molecule is CCC1(C(=O)OCc2ccccc2N)CCN(C(=O)OC(C)(C)C)CC1. The first kappa shape index (κ1) is 20.1. The number of ether oxygens (including phenoxy) is 2. The zero-order chi connectivity index (χ0) is 19.4. The van der Waals surface area contributed by atoms with Crippen LogP contribution in [-0.2, 0) is 20.9 Å². The predicted molar refractivity (Wildman–Crippen MR) is 100 cm³/mol. The summed E-state index contributed by atoms with van der Waals surface area (Å²) in [5.74, 6) is -0.216. The van der Waals surface area contributed by atoms with E-state index >= 15 is 0 Å². The lowest BCUT2D eigenvalue weighted by molar-refractivity contribution is -0.160. The molecule has 1 aromatic carbocycles. The van der Waals surface area contributed by atoms with Crippen LogP contribution >= 0.6 is 0 Å². The second-order valence-corrected chi connectivity index (χ2v) is 7.88. The van der Waals surface area contributed by atoms with Crippen LogP contribution in [0, 0.1) is 5.41 Å². The van der Waals surface area contributed by atoms with E-state index in [-0.39, 0.29) is 18.7 Å². The fourth-order valence-corrected chi connectivity index (χ4v) is 3.11. The molecular weight excluding hydrogens is 332 g/mol. The van der Waals surface area contributed by atoms with Gasteiger partial charge < -0.3 is 20.1 Å². The number of nitrogens with zero attached hydrogens (tertiary/aromatic N) is 1. The van der Waals surface area contributed by atoms with Crippen molar-refractivity contribution >= 4 is 17.7 Å². The summed E-state index contributed by atoms with van der Waals surface area (Å²) in [7, 11) is 0. The van der Waals surface area contributed by atoms with E-state index in [1.165, 1.54) is 0 Å². The van der Waals surface area contributed by atoms with Gasteiger partial charge in [0.15, 0.2) is 0 Å². The van der Waals surface area contributed by atoms with Gasteiger partial charge in [-0.05, 0) is 46.1 Å².